The van der Waals surface area contributed by atoms with E-state index in [1.165, 1.54) is 24.1 Å². The molecule has 8 nitrogen and oxygen atoms in total. The Balaban J connectivity index is 1.92. The van der Waals surface area contributed by atoms with Crippen molar-refractivity contribution in [2.24, 2.45) is 0 Å². The van der Waals surface area contributed by atoms with Crippen LogP contribution in [-0.2, 0) is 17.8 Å². The Labute approximate surface area is 177 Å². The number of fused-ring (bicyclic) bond motifs is 1. The number of nitrogens with zero attached hydrogens (tertiary/aromatic N) is 4. The highest BCUT2D eigenvalue weighted by molar-refractivity contribution is 5.89. The largest absolute Gasteiger partial charge is 0.465 e. The van der Waals surface area contributed by atoms with E-state index >= 15 is 0 Å². The van der Waals surface area contributed by atoms with Crippen molar-refractivity contribution in [2.75, 3.05) is 7.11 Å². The van der Waals surface area contributed by atoms with Gasteiger partial charge in [0.1, 0.15) is 0 Å². The molecule has 0 aliphatic carbocycles. The van der Waals surface area contributed by atoms with Crippen LogP contribution in [0.15, 0.2) is 83.2 Å². The van der Waals surface area contributed by atoms with Crippen molar-refractivity contribution in [3.8, 4) is 5.69 Å². The fraction of sp³-hybridized carbons (Fsp3) is 0.130. The van der Waals surface area contributed by atoms with E-state index in [0.717, 1.165) is 10.1 Å². The van der Waals surface area contributed by atoms with E-state index in [1.807, 2.05) is 24.3 Å². The lowest BCUT2D eigenvalue weighted by Gasteiger charge is -2.12. The second-order valence-corrected chi connectivity index (χ2v) is 6.89. The molecule has 0 fully saturated rings. The van der Waals surface area contributed by atoms with E-state index in [4.69, 9.17) is 4.74 Å². The molecule has 156 valence electrons. The number of esters is 1. The van der Waals surface area contributed by atoms with Gasteiger partial charge in [-0.2, -0.15) is 0 Å². The van der Waals surface area contributed by atoms with Gasteiger partial charge in [-0.3, -0.25) is 9.36 Å². The summed E-state index contributed by atoms with van der Waals surface area (Å²) in [6.45, 7) is 4.02. The fourth-order valence-electron chi connectivity index (χ4n) is 3.51. The Hall–Kier alpha value is -4.20. The molecule has 0 aliphatic rings. The molecule has 0 unspecified atom stereocenters. The van der Waals surface area contributed by atoms with Gasteiger partial charge in [0.2, 0.25) is 0 Å². The number of allylic oxidation sites excluding steroid dienone is 1. The molecular formula is C23H20N4O4. The molecule has 0 saturated heterocycles. The maximum absolute atomic E-state index is 13.2. The number of imidazole rings is 1. The van der Waals surface area contributed by atoms with Gasteiger partial charge in [0.15, 0.2) is 11.2 Å². The van der Waals surface area contributed by atoms with Crippen LogP contribution < -0.4 is 11.2 Å². The minimum Gasteiger partial charge on any atom is -0.465 e. The summed E-state index contributed by atoms with van der Waals surface area (Å²) in [6.07, 6.45) is 3.03. The topological polar surface area (TPSA) is 88.1 Å². The molecule has 0 spiro atoms. The number of methoxy groups -OCH3 is 1. The first-order valence-corrected chi connectivity index (χ1v) is 9.59. The van der Waals surface area contributed by atoms with Gasteiger partial charge in [-0.15, -0.1) is 6.58 Å². The van der Waals surface area contributed by atoms with E-state index < -0.39 is 17.2 Å². The van der Waals surface area contributed by atoms with Crippen molar-refractivity contribution in [3.63, 3.8) is 0 Å². The van der Waals surface area contributed by atoms with Crippen molar-refractivity contribution < 1.29 is 9.53 Å². The van der Waals surface area contributed by atoms with E-state index in [9.17, 15) is 14.4 Å². The van der Waals surface area contributed by atoms with Crippen LogP contribution in [0.1, 0.15) is 15.9 Å². The van der Waals surface area contributed by atoms with E-state index in [-0.39, 0.29) is 24.3 Å². The summed E-state index contributed by atoms with van der Waals surface area (Å²) in [5.74, 6) is -0.441. The second kappa shape index (κ2) is 8.27. The van der Waals surface area contributed by atoms with Crippen LogP contribution in [0.3, 0.4) is 0 Å². The Morgan fingerprint density at radius 2 is 1.90 bits per heavy atom. The predicted molar refractivity (Wildman–Crippen MR) is 117 cm³/mol. The Kier molecular flexibility index (Phi) is 5.36. The molecule has 0 N–H and O–H groups in total. The van der Waals surface area contributed by atoms with Crippen molar-refractivity contribution in [2.45, 2.75) is 13.1 Å². The number of hydrogen-bond acceptors (Lipinski definition) is 5. The Morgan fingerprint density at radius 3 is 2.61 bits per heavy atom. The molecular weight excluding hydrogens is 396 g/mol. The molecule has 0 bridgehead atoms. The molecule has 2 aromatic carbocycles. The Bertz CT molecular complexity index is 1400. The minimum atomic E-state index is -0.485. The lowest BCUT2D eigenvalue weighted by molar-refractivity contribution is 0.0600. The zero-order chi connectivity index (χ0) is 22.0. The molecule has 4 rings (SSSR count). The van der Waals surface area contributed by atoms with E-state index in [0.29, 0.717) is 11.3 Å². The van der Waals surface area contributed by atoms with Gasteiger partial charge in [-0.25, -0.2) is 19.1 Å². The molecule has 8 heteroatoms. The van der Waals surface area contributed by atoms with Gasteiger partial charge >= 0.3 is 11.7 Å². The SMILES string of the molecule is C=CCn1c(=O)c2c(ncn2Cc2cccc(C(=O)OC)c2)n(-c2ccccc2)c1=O. The molecule has 2 aromatic heterocycles. The van der Waals surface area contributed by atoms with Gasteiger partial charge in [-0.05, 0) is 29.8 Å². The number of hydrogen-bond donors (Lipinski definition) is 0. The third-order valence-corrected chi connectivity index (χ3v) is 4.93. The maximum atomic E-state index is 13.2. The number of carbonyl (C=O) groups is 1. The van der Waals surface area contributed by atoms with Gasteiger partial charge in [0.25, 0.3) is 5.56 Å². The standard InChI is InChI=1S/C23H20N4O4/c1-3-12-26-21(28)19-20(27(23(26)30)18-10-5-4-6-11-18)24-15-25(19)14-16-8-7-9-17(13-16)22(29)31-2/h3-11,13,15H,1,12,14H2,2H3. The summed E-state index contributed by atoms with van der Waals surface area (Å²) in [5.41, 5.74) is 1.42. The van der Waals surface area contributed by atoms with Crippen molar-refractivity contribution >= 4 is 17.1 Å². The third-order valence-electron chi connectivity index (χ3n) is 4.93. The molecule has 0 saturated carbocycles. The highest BCUT2D eigenvalue weighted by Gasteiger charge is 2.19. The fourth-order valence-corrected chi connectivity index (χ4v) is 3.51. The number of ether oxygens (including phenoxy) is 1. The van der Waals surface area contributed by atoms with E-state index in [2.05, 4.69) is 11.6 Å². The van der Waals surface area contributed by atoms with Crippen LogP contribution in [0.5, 0.6) is 0 Å². The number of carbonyl (C=O) groups excluding carboxylic acids is 1. The highest BCUT2D eigenvalue weighted by atomic mass is 16.5. The summed E-state index contributed by atoms with van der Waals surface area (Å²) in [7, 11) is 1.32. The number of rotatable bonds is 6. The van der Waals surface area contributed by atoms with Crippen LogP contribution in [-0.4, -0.2) is 31.8 Å². The first-order chi connectivity index (χ1) is 15.0. The zero-order valence-electron chi connectivity index (χ0n) is 16.9. The average molecular weight is 416 g/mol. The summed E-state index contributed by atoms with van der Waals surface area (Å²) in [5, 5.41) is 0. The smallest absolute Gasteiger partial charge is 0.337 e. The van der Waals surface area contributed by atoms with Gasteiger partial charge in [0.05, 0.1) is 24.7 Å². The Morgan fingerprint density at radius 1 is 1.13 bits per heavy atom. The molecule has 0 amide bonds. The quantitative estimate of drug-likeness (QED) is 0.356. The molecule has 0 radical (unpaired) electrons. The van der Waals surface area contributed by atoms with Gasteiger partial charge < -0.3 is 9.30 Å². The van der Waals surface area contributed by atoms with Gasteiger partial charge in [0, 0.05) is 13.1 Å². The highest BCUT2D eigenvalue weighted by Crippen LogP contribution is 2.15. The van der Waals surface area contributed by atoms with Crippen LogP contribution >= 0.6 is 0 Å². The summed E-state index contributed by atoms with van der Waals surface area (Å²) >= 11 is 0. The molecule has 2 heterocycles. The first kappa shape index (κ1) is 20.1. The zero-order valence-corrected chi connectivity index (χ0v) is 16.9. The van der Waals surface area contributed by atoms with Crippen LogP contribution in [0.25, 0.3) is 16.9 Å². The lowest BCUT2D eigenvalue weighted by Crippen LogP contribution is -2.39. The number of para-hydroxylation sites is 1. The monoisotopic (exact) mass is 416 g/mol. The maximum Gasteiger partial charge on any atom is 0.337 e. The lowest BCUT2D eigenvalue weighted by atomic mass is 10.1. The first-order valence-electron chi connectivity index (χ1n) is 9.59. The summed E-state index contributed by atoms with van der Waals surface area (Å²) < 4.78 is 9.00. The van der Waals surface area contributed by atoms with Crippen molar-refractivity contribution in [1.82, 2.24) is 18.7 Å². The minimum absolute atomic E-state index is 0.0729. The second-order valence-electron chi connectivity index (χ2n) is 6.89. The summed E-state index contributed by atoms with van der Waals surface area (Å²) in [4.78, 5) is 42.5. The molecule has 0 atom stereocenters. The van der Waals surface area contributed by atoms with Crippen LogP contribution in [0.2, 0.25) is 0 Å². The molecule has 4 aromatic rings. The number of aromatic nitrogens is 4. The van der Waals surface area contributed by atoms with Crippen molar-refractivity contribution in [1.29, 1.82) is 0 Å². The van der Waals surface area contributed by atoms with Crippen molar-refractivity contribution in [3.05, 3.63) is 106 Å². The van der Waals surface area contributed by atoms with Crippen LogP contribution in [0.4, 0.5) is 0 Å². The van der Waals surface area contributed by atoms with E-state index in [1.54, 1.807) is 34.9 Å². The summed E-state index contributed by atoms with van der Waals surface area (Å²) in [6, 6.07) is 16.0. The molecule has 0 aliphatic heterocycles. The number of benzene rings is 2. The third kappa shape index (κ3) is 3.59. The predicted octanol–water partition coefficient (Wildman–Crippen LogP) is 2.37. The normalized spacial score (nSPS) is 10.9. The van der Waals surface area contributed by atoms with Gasteiger partial charge in [-0.1, -0.05) is 36.4 Å². The molecule has 31 heavy (non-hydrogen) atoms. The average Bonchev–Trinajstić information content (AvgIpc) is 3.20. The van der Waals surface area contributed by atoms with Crippen LogP contribution in [0, 0.1) is 0 Å².